The van der Waals surface area contributed by atoms with E-state index in [1.807, 2.05) is 13.8 Å². The van der Waals surface area contributed by atoms with Crippen molar-refractivity contribution in [2.24, 2.45) is 10.9 Å². The van der Waals surface area contributed by atoms with Crippen molar-refractivity contribution < 1.29 is 9.53 Å². The number of rotatable bonds is 8. The molecule has 134 valence electrons. The quantitative estimate of drug-likeness (QED) is 0.333. The lowest BCUT2D eigenvalue weighted by molar-refractivity contribution is -0.123. The van der Waals surface area contributed by atoms with Crippen molar-refractivity contribution in [1.82, 2.24) is 20.9 Å². The van der Waals surface area contributed by atoms with E-state index in [9.17, 15) is 4.79 Å². The molecule has 23 heavy (non-hydrogen) atoms. The van der Waals surface area contributed by atoms with E-state index < -0.39 is 0 Å². The van der Waals surface area contributed by atoms with E-state index in [2.05, 4.69) is 25.8 Å². The number of likely N-dealkylation sites (tertiary alicyclic amines) is 1. The van der Waals surface area contributed by atoms with Gasteiger partial charge in [-0.1, -0.05) is 13.8 Å². The number of amides is 1. The molecule has 0 saturated carbocycles. The minimum atomic E-state index is 0.0238. The number of nitrogens with zero attached hydrogens (tertiary/aromatic N) is 2. The Kier molecular flexibility index (Phi) is 9.63. The van der Waals surface area contributed by atoms with Gasteiger partial charge in [-0.2, -0.15) is 0 Å². The summed E-state index contributed by atoms with van der Waals surface area (Å²) in [5, 5.41) is 9.60. The summed E-state index contributed by atoms with van der Waals surface area (Å²) in [6.07, 6.45) is 2.21. The fourth-order valence-corrected chi connectivity index (χ4v) is 2.48. The van der Waals surface area contributed by atoms with Crippen molar-refractivity contribution >= 4 is 11.9 Å². The monoisotopic (exact) mass is 327 g/mol. The lowest BCUT2D eigenvalue weighted by Crippen LogP contribution is -2.50. The van der Waals surface area contributed by atoms with Crippen LogP contribution in [0.1, 0.15) is 26.7 Å². The first-order valence-electron chi connectivity index (χ1n) is 8.53. The topological polar surface area (TPSA) is 78.0 Å². The SMILES string of the molecule is CN=C(NCCNC(=O)C(C)C)NC1CCN(CCOC)CC1. The Balaban J connectivity index is 2.18. The third-order valence-corrected chi connectivity index (χ3v) is 4.00. The van der Waals surface area contributed by atoms with Crippen molar-refractivity contribution in [2.45, 2.75) is 32.7 Å². The van der Waals surface area contributed by atoms with Crippen LogP contribution in [0.25, 0.3) is 0 Å². The standard InChI is InChI=1S/C16H33N5O2/c1-13(2)15(22)18-7-8-19-16(17-3)20-14-5-9-21(10-6-14)11-12-23-4/h13-14H,5-12H2,1-4H3,(H,18,22)(H2,17,19,20). The summed E-state index contributed by atoms with van der Waals surface area (Å²) in [6, 6.07) is 0.449. The number of hydrogen-bond acceptors (Lipinski definition) is 4. The molecule has 3 N–H and O–H groups in total. The second-order valence-electron chi connectivity index (χ2n) is 6.20. The molecule has 0 aliphatic carbocycles. The van der Waals surface area contributed by atoms with Gasteiger partial charge in [0.05, 0.1) is 6.61 Å². The maximum Gasteiger partial charge on any atom is 0.222 e. The number of carbonyl (C=O) groups is 1. The number of ether oxygens (including phenoxy) is 1. The molecule has 0 radical (unpaired) electrons. The zero-order valence-corrected chi connectivity index (χ0v) is 15.0. The zero-order chi connectivity index (χ0) is 17.1. The third kappa shape index (κ3) is 8.18. The number of methoxy groups -OCH3 is 1. The fraction of sp³-hybridized carbons (Fsp3) is 0.875. The number of carbonyl (C=O) groups excluding carboxylic acids is 1. The largest absolute Gasteiger partial charge is 0.383 e. The molecule has 1 heterocycles. The van der Waals surface area contributed by atoms with Crippen LogP contribution in [0.2, 0.25) is 0 Å². The van der Waals surface area contributed by atoms with Crippen LogP contribution in [0, 0.1) is 5.92 Å². The van der Waals surface area contributed by atoms with Gasteiger partial charge in [-0.25, -0.2) is 0 Å². The van der Waals surface area contributed by atoms with Crippen LogP contribution in [0.15, 0.2) is 4.99 Å². The summed E-state index contributed by atoms with van der Waals surface area (Å²) in [4.78, 5) is 18.2. The first kappa shape index (κ1) is 19.7. The van der Waals surface area contributed by atoms with E-state index >= 15 is 0 Å². The van der Waals surface area contributed by atoms with E-state index in [0.717, 1.165) is 45.0 Å². The average molecular weight is 327 g/mol. The van der Waals surface area contributed by atoms with E-state index in [1.165, 1.54) is 0 Å². The molecule has 0 unspecified atom stereocenters. The molecule has 1 saturated heterocycles. The molecule has 1 fully saturated rings. The first-order chi connectivity index (χ1) is 11.1. The third-order valence-electron chi connectivity index (χ3n) is 4.00. The van der Waals surface area contributed by atoms with Gasteiger partial charge in [-0.15, -0.1) is 0 Å². The van der Waals surface area contributed by atoms with Crippen LogP contribution >= 0.6 is 0 Å². The summed E-state index contributed by atoms with van der Waals surface area (Å²) in [5.41, 5.74) is 0. The van der Waals surface area contributed by atoms with Crippen LogP contribution in [0.5, 0.6) is 0 Å². The molecule has 1 amide bonds. The molecule has 0 spiro atoms. The highest BCUT2D eigenvalue weighted by molar-refractivity contribution is 5.80. The van der Waals surface area contributed by atoms with Gasteiger partial charge in [0.2, 0.25) is 5.91 Å². The molecule has 7 heteroatoms. The zero-order valence-electron chi connectivity index (χ0n) is 15.0. The van der Waals surface area contributed by atoms with Crippen molar-refractivity contribution in [3.05, 3.63) is 0 Å². The average Bonchev–Trinajstić information content (AvgIpc) is 2.56. The van der Waals surface area contributed by atoms with E-state index in [0.29, 0.717) is 19.1 Å². The van der Waals surface area contributed by atoms with Crippen molar-refractivity contribution in [3.8, 4) is 0 Å². The minimum absolute atomic E-state index is 0.0238. The van der Waals surface area contributed by atoms with Gasteiger partial charge in [-0.3, -0.25) is 9.79 Å². The van der Waals surface area contributed by atoms with Gasteiger partial charge in [0, 0.05) is 58.8 Å². The summed E-state index contributed by atoms with van der Waals surface area (Å²) in [5.74, 6) is 0.910. The van der Waals surface area contributed by atoms with Gasteiger partial charge in [0.25, 0.3) is 0 Å². The Morgan fingerprint density at radius 2 is 1.91 bits per heavy atom. The molecule has 1 aliphatic heterocycles. The molecule has 0 aromatic heterocycles. The maximum atomic E-state index is 11.5. The molecule has 0 aromatic carbocycles. The number of aliphatic imine (C=N–C) groups is 1. The predicted molar refractivity (Wildman–Crippen MR) is 93.7 cm³/mol. The molecular formula is C16H33N5O2. The highest BCUT2D eigenvalue weighted by Crippen LogP contribution is 2.09. The summed E-state index contributed by atoms with van der Waals surface area (Å²) >= 11 is 0. The Morgan fingerprint density at radius 1 is 1.26 bits per heavy atom. The Labute approximate surface area is 140 Å². The van der Waals surface area contributed by atoms with Gasteiger partial charge in [-0.05, 0) is 12.8 Å². The van der Waals surface area contributed by atoms with Crippen LogP contribution in [0.3, 0.4) is 0 Å². The van der Waals surface area contributed by atoms with Gasteiger partial charge < -0.3 is 25.6 Å². The lowest BCUT2D eigenvalue weighted by Gasteiger charge is -2.32. The molecular weight excluding hydrogens is 294 g/mol. The lowest BCUT2D eigenvalue weighted by atomic mass is 10.1. The van der Waals surface area contributed by atoms with E-state index in [1.54, 1.807) is 14.2 Å². The van der Waals surface area contributed by atoms with Gasteiger partial charge in [0.15, 0.2) is 5.96 Å². The second kappa shape index (κ2) is 11.2. The van der Waals surface area contributed by atoms with Crippen molar-refractivity contribution in [3.63, 3.8) is 0 Å². The molecule has 1 aliphatic rings. The maximum absolute atomic E-state index is 11.5. The van der Waals surface area contributed by atoms with Crippen molar-refractivity contribution in [2.75, 3.05) is 53.5 Å². The van der Waals surface area contributed by atoms with Crippen LogP contribution in [0.4, 0.5) is 0 Å². The summed E-state index contributed by atoms with van der Waals surface area (Å²) in [7, 11) is 3.52. The Bertz CT molecular complexity index is 365. The molecule has 0 bridgehead atoms. The fourth-order valence-electron chi connectivity index (χ4n) is 2.48. The van der Waals surface area contributed by atoms with Crippen LogP contribution in [-0.2, 0) is 9.53 Å². The van der Waals surface area contributed by atoms with Gasteiger partial charge in [0.1, 0.15) is 0 Å². The first-order valence-corrected chi connectivity index (χ1v) is 8.53. The molecule has 0 aromatic rings. The molecule has 7 nitrogen and oxygen atoms in total. The number of nitrogens with one attached hydrogen (secondary N) is 3. The number of hydrogen-bond donors (Lipinski definition) is 3. The highest BCUT2D eigenvalue weighted by atomic mass is 16.5. The van der Waals surface area contributed by atoms with Crippen molar-refractivity contribution in [1.29, 1.82) is 0 Å². The summed E-state index contributed by atoms with van der Waals surface area (Å²) < 4.78 is 5.12. The Morgan fingerprint density at radius 3 is 2.48 bits per heavy atom. The van der Waals surface area contributed by atoms with Crippen LogP contribution < -0.4 is 16.0 Å². The highest BCUT2D eigenvalue weighted by Gasteiger charge is 2.19. The smallest absolute Gasteiger partial charge is 0.222 e. The second-order valence-corrected chi connectivity index (χ2v) is 6.20. The van der Waals surface area contributed by atoms with Crippen LogP contribution in [-0.4, -0.2) is 76.3 Å². The predicted octanol–water partition coefficient (Wildman–Crippen LogP) is 0.0344. The van der Waals surface area contributed by atoms with E-state index in [4.69, 9.17) is 4.74 Å². The molecule has 1 rings (SSSR count). The molecule has 0 atom stereocenters. The van der Waals surface area contributed by atoms with Gasteiger partial charge >= 0.3 is 0 Å². The number of guanidine groups is 1. The summed E-state index contributed by atoms with van der Waals surface area (Å²) in [6.45, 7) is 9.03. The number of piperidine rings is 1. The minimum Gasteiger partial charge on any atom is -0.383 e. The Hall–Kier alpha value is -1.34. The normalized spacial score (nSPS) is 17.3. The van der Waals surface area contributed by atoms with E-state index in [-0.39, 0.29) is 11.8 Å².